The van der Waals surface area contributed by atoms with E-state index in [4.69, 9.17) is 9.47 Å². The van der Waals surface area contributed by atoms with Crippen molar-refractivity contribution in [3.05, 3.63) is 69.7 Å². The van der Waals surface area contributed by atoms with E-state index in [0.717, 1.165) is 52.3 Å². The van der Waals surface area contributed by atoms with Crippen molar-refractivity contribution < 1.29 is 37.0 Å². The fourth-order valence-corrected chi connectivity index (χ4v) is 5.34. The van der Waals surface area contributed by atoms with Gasteiger partial charge in [-0.25, -0.2) is 4.98 Å². The first-order valence-electron chi connectivity index (χ1n) is 12.1. The molecule has 11 heteroatoms. The van der Waals surface area contributed by atoms with Gasteiger partial charge in [0.15, 0.2) is 0 Å². The van der Waals surface area contributed by atoms with Crippen LogP contribution < -0.4 is 5.32 Å². The second-order valence-electron chi connectivity index (χ2n) is 10.2. The number of methoxy groups -OCH3 is 1. The minimum atomic E-state index is -4.50. The number of benzene rings is 2. The lowest BCUT2D eigenvalue weighted by Gasteiger charge is -2.21. The van der Waals surface area contributed by atoms with E-state index < -0.39 is 29.2 Å². The lowest BCUT2D eigenvalue weighted by atomic mass is 10.0. The van der Waals surface area contributed by atoms with Crippen LogP contribution in [0, 0.1) is 5.92 Å². The molecule has 0 saturated carbocycles. The van der Waals surface area contributed by atoms with E-state index in [9.17, 15) is 27.6 Å². The highest BCUT2D eigenvalue weighted by atomic mass is 32.1. The van der Waals surface area contributed by atoms with Crippen LogP contribution in [-0.2, 0) is 44.5 Å². The SMILES string of the molecule is COC(=O)Cc1nc(-c2cccc3c2CC(C(=O)OC(C)(C)C)C3)sc1C(=O)Nc1ccc(C(F)(F)F)cc1. The second kappa shape index (κ2) is 10.8. The number of alkyl halides is 3. The van der Waals surface area contributed by atoms with Crippen molar-refractivity contribution in [1.82, 2.24) is 4.98 Å². The molecule has 0 spiro atoms. The molecule has 1 amide bonds. The zero-order valence-corrected chi connectivity index (χ0v) is 22.6. The third kappa shape index (κ3) is 6.65. The molecule has 0 saturated heterocycles. The summed E-state index contributed by atoms with van der Waals surface area (Å²) >= 11 is 1.06. The Labute approximate surface area is 227 Å². The van der Waals surface area contributed by atoms with Crippen molar-refractivity contribution >= 4 is 34.9 Å². The predicted octanol–water partition coefficient (Wildman–Crippen LogP) is 5.85. The molecule has 1 N–H and O–H groups in total. The number of ether oxygens (including phenoxy) is 2. The van der Waals surface area contributed by atoms with E-state index in [1.165, 1.54) is 7.11 Å². The highest BCUT2D eigenvalue weighted by molar-refractivity contribution is 7.17. The number of carbonyl (C=O) groups is 3. The molecule has 1 atom stereocenters. The van der Waals surface area contributed by atoms with Gasteiger partial charge in [-0.15, -0.1) is 11.3 Å². The molecule has 1 aromatic heterocycles. The number of fused-ring (bicyclic) bond motifs is 1. The van der Waals surface area contributed by atoms with Gasteiger partial charge in [0.05, 0.1) is 30.7 Å². The van der Waals surface area contributed by atoms with Crippen molar-refractivity contribution in [2.24, 2.45) is 5.92 Å². The predicted molar refractivity (Wildman–Crippen MR) is 139 cm³/mol. The van der Waals surface area contributed by atoms with Gasteiger partial charge in [0.25, 0.3) is 5.91 Å². The minimum absolute atomic E-state index is 0.134. The second-order valence-corrected chi connectivity index (χ2v) is 11.2. The molecule has 0 aliphatic heterocycles. The summed E-state index contributed by atoms with van der Waals surface area (Å²) in [5, 5.41) is 3.06. The molecular weight excluding hydrogens is 533 g/mol. The molecule has 4 rings (SSSR count). The fourth-order valence-electron chi connectivity index (χ4n) is 4.31. The topological polar surface area (TPSA) is 94.6 Å². The summed E-state index contributed by atoms with van der Waals surface area (Å²) in [4.78, 5) is 42.7. The number of rotatable bonds is 6. The Bertz CT molecular complexity index is 1410. The number of carbonyl (C=O) groups excluding carboxylic acids is 3. The zero-order chi connectivity index (χ0) is 28.5. The van der Waals surface area contributed by atoms with Crippen LogP contribution in [-0.4, -0.2) is 35.5 Å². The van der Waals surface area contributed by atoms with Gasteiger partial charge in [0.1, 0.15) is 15.5 Å². The Balaban J connectivity index is 1.63. The van der Waals surface area contributed by atoms with Crippen molar-refractivity contribution in [1.29, 1.82) is 0 Å². The van der Waals surface area contributed by atoms with Crippen LogP contribution >= 0.6 is 11.3 Å². The highest BCUT2D eigenvalue weighted by Gasteiger charge is 2.34. The molecule has 1 aliphatic carbocycles. The Morgan fingerprint density at radius 3 is 2.36 bits per heavy atom. The number of halogens is 3. The van der Waals surface area contributed by atoms with Crippen LogP contribution in [0.1, 0.15) is 52.8 Å². The van der Waals surface area contributed by atoms with E-state index >= 15 is 0 Å². The number of aromatic nitrogens is 1. The highest BCUT2D eigenvalue weighted by Crippen LogP contribution is 2.39. The van der Waals surface area contributed by atoms with Crippen molar-refractivity contribution in [3.8, 4) is 10.6 Å². The molecule has 1 heterocycles. The first-order valence-corrected chi connectivity index (χ1v) is 13.0. The van der Waals surface area contributed by atoms with E-state index in [1.54, 1.807) is 0 Å². The van der Waals surface area contributed by atoms with E-state index in [1.807, 2.05) is 39.0 Å². The van der Waals surface area contributed by atoms with Crippen molar-refractivity contribution in [2.45, 2.75) is 51.8 Å². The normalized spacial score (nSPS) is 15.0. The Morgan fingerprint density at radius 1 is 1.05 bits per heavy atom. The fraction of sp³-hybridized carbons (Fsp3) is 0.357. The summed E-state index contributed by atoms with van der Waals surface area (Å²) in [6, 6.07) is 9.68. The maximum Gasteiger partial charge on any atom is 0.416 e. The maximum atomic E-state index is 13.2. The van der Waals surface area contributed by atoms with Gasteiger partial charge in [-0.3, -0.25) is 14.4 Å². The summed E-state index contributed by atoms with van der Waals surface area (Å²) in [5.74, 6) is -1.85. The van der Waals surface area contributed by atoms with Crippen LogP contribution in [0.15, 0.2) is 42.5 Å². The third-order valence-electron chi connectivity index (χ3n) is 6.07. The van der Waals surface area contributed by atoms with Gasteiger partial charge in [-0.2, -0.15) is 13.2 Å². The number of anilines is 1. The van der Waals surface area contributed by atoms with Crippen molar-refractivity contribution in [3.63, 3.8) is 0 Å². The molecule has 3 aromatic rings. The smallest absolute Gasteiger partial charge is 0.416 e. The quantitative estimate of drug-likeness (QED) is 0.380. The molecule has 0 fully saturated rings. The first kappa shape index (κ1) is 28.3. The molecule has 0 radical (unpaired) electrons. The Hall–Kier alpha value is -3.73. The first-order chi connectivity index (χ1) is 18.2. The van der Waals surface area contributed by atoms with Gasteiger partial charge >= 0.3 is 18.1 Å². The number of nitrogens with one attached hydrogen (secondary N) is 1. The van der Waals surface area contributed by atoms with Crippen LogP contribution in [0.5, 0.6) is 0 Å². The Kier molecular flexibility index (Phi) is 7.83. The van der Waals surface area contributed by atoms with Gasteiger partial charge in [0.2, 0.25) is 0 Å². The summed E-state index contributed by atoms with van der Waals surface area (Å²) in [5.41, 5.74) is 1.53. The number of hydrogen-bond acceptors (Lipinski definition) is 7. The standard InChI is InChI=1S/C28H27F3N2O5S/c1-27(2,3)38-26(36)16-12-15-6-5-7-19(20(15)13-16)25-33-21(14-22(34)37-4)23(39-25)24(35)32-18-10-8-17(9-11-18)28(29,30)31/h5-11,16H,12-14H2,1-4H3,(H,32,35). The van der Waals surface area contributed by atoms with Gasteiger partial charge < -0.3 is 14.8 Å². The lowest BCUT2D eigenvalue weighted by Crippen LogP contribution is -2.29. The summed E-state index contributed by atoms with van der Waals surface area (Å²) in [7, 11) is 1.22. The molecule has 0 bridgehead atoms. The van der Waals surface area contributed by atoms with Gasteiger partial charge in [0, 0.05) is 11.3 Å². The molecule has 2 aromatic carbocycles. The molecule has 1 aliphatic rings. The number of amides is 1. The lowest BCUT2D eigenvalue weighted by molar-refractivity contribution is -0.159. The minimum Gasteiger partial charge on any atom is -0.469 e. The average molecular weight is 561 g/mol. The molecule has 39 heavy (non-hydrogen) atoms. The average Bonchev–Trinajstić information content (AvgIpc) is 3.47. The van der Waals surface area contributed by atoms with E-state index in [-0.39, 0.29) is 34.6 Å². The molecule has 7 nitrogen and oxygen atoms in total. The summed E-state index contributed by atoms with van der Waals surface area (Å²) < 4.78 is 49.0. The van der Waals surface area contributed by atoms with Gasteiger partial charge in [-0.1, -0.05) is 18.2 Å². The van der Waals surface area contributed by atoms with E-state index in [2.05, 4.69) is 10.3 Å². The largest absolute Gasteiger partial charge is 0.469 e. The third-order valence-corrected chi connectivity index (χ3v) is 7.20. The van der Waals surface area contributed by atoms with Crippen LogP contribution in [0.25, 0.3) is 10.6 Å². The molecule has 206 valence electrons. The van der Waals surface area contributed by atoms with E-state index in [0.29, 0.717) is 17.8 Å². The van der Waals surface area contributed by atoms with Crippen LogP contribution in [0.2, 0.25) is 0 Å². The number of esters is 2. The summed E-state index contributed by atoms with van der Waals surface area (Å²) in [6.07, 6.45) is -3.81. The summed E-state index contributed by atoms with van der Waals surface area (Å²) in [6.45, 7) is 5.44. The number of nitrogens with zero attached hydrogens (tertiary/aromatic N) is 1. The molecular formula is C28H27F3N2O5S. The monoisotopic (exact) mass is 560 g/mol. The van der Waals surface area contributed by atoms with Crippen LogP contribution in [0.4, 0.5) is 18.9 Å². The van der Waals surface area contributed by atoms with Crippen LogP contribution in [0.3, 0.4) is 0 Å². The Morgan fingerprint density at radius 2 is 1.74 bits per heavy atom. The number of hydrogen-bond donors (Lipinski definition) is 1. The molecule has 1 unspecified atom stereocenters. The maximum absolute atomic E-state index is 13.2. The number of thiazole rings is 1. The zero-order valence-electron chi connectivity index (χ0n) is 21.8. The van der Waals surface area contributed by atoms with Crippen molar-refractivity contribution in [2.75, 3.05) is 12.4 Å². The van der Waals surface area contributed by atoms with Gasteiger partial charge in [-0.05, 0) is 69.0 Å².